The van der Waals surface area contributed by atoms with Gasteiger partial charge in [0.05, 0.1) is 11.9 Å². The minimum Gasteiger partial charge on any atom is -0.395 e. The van der Waals surface area contributed by atoms with Crippen LogP contribution in [0.4, 0.5) is 0 Å². The fourth-order valence-corrected chi connectivity index (χ4v) is 4.03. The van der Waals surface area contributed by atoms with Crippen molar-refractivity contribution in [3.63, 3.8) is 0 Å². The van der Waals surface area contributed by atoms with E-state index in [-0.39, 0.29) is 17.9 Å². The van der Waals surface area contributed by atoms with Crippen LogP contribution >= 0.6 is 11.8 Å². The largest absolute Gasteiger partial charge is 0.395 e. The normalized spacial score (nSPS) is 27.4. The first-order valence-corrected chi connectivity index (χ1v) is 8.06. The Bertz CT molecular complexity index is 270. The van der Waals surface area contributed by atoms with Crippen molar-refractivity contribution in [3.8, 4) is 0 Å². The van der Waals surface area contributed by atoms with Crippen molar-refractivity contribution in [3.05, 3.63) is 0 Å². The highest BCUT2D eigenvalue weighted by Gasteiger charge is 2.31. The smallest absolute Gasteiger partial charge is 0.235 e. The molecule has 2 heterocycles. The van der Waals surface area contributed by atoms with Crippen LogP contribution in [0.3, 0.4) is 0 Å². The van der Waals surface area contributed by atoms with Gasteiger partial charge >= 0.3 is 0 Å². The van der Waals surface area contributed by atoms with Crippen LogP contribution in [0.5, 0.6) is 0 Å². The van der Waals surface area contributed by atoms with Gasteiger partial charge in [-0.1, -0.05) is 6.92 Å². The molecule has 1 N–H and O–H groups in total. The Morgan fingerprint density at radius 2 is 2.11 bits per heavy atom. The second kappa shape index (κ2) is 6.78. The predicted molar refractivity (Wildman–Crippen MR) is 74.8 cm³/mol. The molecule has 2 rings (SSSR count). The lowest BCUT2D eigenvalue weighted by Gasteiger charge is -2.39. The Hall–Kier alpha value is -0.260. The van der Waals surface area contributed by atoms with Gasteiger partial charge in [0.2, 0.25) is 5.91 Å². The minimum absolute atomic E-state index is 0.219. The van der Waals surface area contributed by atoms with E-state index in [9.17, 15) is 9.90 Å². The van der Waals surface area contributed by atoms with E-state index in [4.69, 9.17) is 0 Å². The molecule has 18 heavy (non-hydrogen) atoms. The summed E-state index contributed by atoms with van der Waals surface area (Å²) < 4.78 is 0. The number of carbonyl (C=O) groups is 1. The molecule has 5 heteroatoms. The van der Waals surface area contributed by atoms with Crippen LogP contribution in [0.1, 0.15) is 26.2 Å². The number of amides is 1. The summed E-state index contributed by atoms with van der Waals surface area (Å²) in [5.41, 5.74) is 0. The first-order chi connectivity index (χ1) is 8.76. The Morgan fingerprint density at radius 1 is 1.39 bits per heavy atom. The molecule has 0 spiro atoms. The molecule has 0 aromatic rings. The zero-order chi connectivity index (χ0) is 13.0. The molecular formula is C13H24N2O2S. The topological polar surface area (TPSA) is 43.8 Å². The van der Waals surface area contributed by atoms with Gasteiger partial charge in [0.25, 0.3) is 0 Å². The number of aliphatic hydroxyl groups is 1. The molecule has 2 aliphatic rings. The maximum absolute atomic E-state index is 12.3. The molecule has 2 saturated heterocycles. The highest BCUT2D eigenvalue weighted by atomic mass is 32.2. The highest BCUT2D eigenvalue weighted by molar-refractivity contribution is 8.00. The number of nitrogens with zero attached hydrogens (tertiary/aromatic N) is 2. The van der Waals surface area contributed by atoms with Crippen molar-refractivity contribution >= 4 is 17.7 Å². The monoisotopic (exact) mass is 272 g/mol. The van der Waals surface area contributed by atoms with Gasteiger partial charge < -0.3 is 10.0 Å². The number of carbonyl (C=O) groups excluding carboxylic acids is 1. The summed E-state index contributed by atoms with van der Waals surface area (Å²) in [4.78, 5) is 16.6. The van der Waals surface area contributed by atoms with E-state index in [0.29, 0.717) is 5.91 Å². The van der Waals surface area contributed by atoms with Crippen molar-refractivity contribution in [2.24, 2.45) is 0 Å². The van der Waals surface area contributed by atoms with Crippen LogP contribution in [-0.4, -0.2) is 70.6 Å². The Labute approximate surface area is 114 Å². The van der Waals surface area contributed by atoms with E-state index < -0.39 is 0 Å². The van der Waals surface area contributed by atoms with E-state index in [1.54, 1.807) is 0 Å². The van der Waals surface area contributed by atoms with Crippen LogP contribution in [0.15, 0.2) is 0 Å². The average molecular weight is 272 g/mol. The average Bonchev–Trinajstić information content (AvgIpc) is 2.94. The maximum atomic E-state index is 12.3. The summed E-state index contributed by atoms with van der Waals surface area (Å²) in [6.45, 7) is 5.79. The van der Waals surface area contributed by atoms with Gasteiger partial charge in [0.15, 0.2) is 0 Å². The molecule has 2 unspecified atom stereocenters. The standard InChI is InChI=1S/C13H24N2O2S/c1-2-11(10-16)14-5-7-15(8-6-14)13(17)12-4-3-9-18-12/h11-12,16H,2-10H2,1H3. The molecule has 0 bridgehead atoms. The van der Waals surface area contributed by atoms with Crippen molar-refractivity contribution in [1.29, 1.82) is 0 Å². The van der Waals surface area contributed by atoms with Gasteiger partial charge in [-0.05, 0) is 25.0 Å². The van der Waals surface area contributed by atoms with Crippen LogP contribution in [-0.2, 0) is 4.79 Å². The third kappa shape index (κ3) is 3.19. The number of thioether (sulfide) groups is 1. The second-order valence-electron chi connectivity index (χ2n) is 5.11. The molecule has 0 saturated carbocycles. The zero-order valence-corrected chi connectivity index (χ0v) is 12.0. The third-order valence-electron chi connectivity index (χ3n) is 4.03. The second-order valence-corrected chi connectivity index (χ2v) is 6.42. The fraction of sp³-hybridized carbons (Fsp3) is 0.923. The van der Waals surface area contributed by atoms with Gasteiger partial charge in [0, 0.05) is 32.2 Å². The SMILES string of the molecule is CCC(CO)N1CCN(C(=O)C2CCCS2)CC1. The summed E-state index contributed by atoms with van der Waals surface area (Å²) >= 11 is 1.82. The molecule has 1 amide bonds. The number of aliphatic hydroxyl groups excluding tert-OH is 1. The molecule has 4 nitrogen and oxygen atoms in total. The van der Waals surface area contributed by atoms with E-state index in [1.807, 2.05) is 16.7 Å². The van der Waals surface area contributed by atoms with E-state index in [2.05, 4.69) is 11.8 Å². The summed E-state index contributed by atoms with van der Waals surface area (Å²) in [6.07, 6.45) is 3.21. The number of hydrogen-bond acceptors (Lipinski definition) is 4. The lowest BCUT2D eigenvalue weighted by atomic mass is 10.1. The van der Waals surface area contributed by atoms with Gasteiger partial charge in [-0.25, -0.2) is 0 Å². The van der Waals surface area contributed by atoms with Gasteiger partial charge in [-0.2, -0.15) is 0 Å². The van der Waals surface area contributed by atoms with Crippen molar-refractivity contribution in [2.75, 3.05) is 38.5 Å². The van der Waals surface area contributed by atoms with Crippen LogP contribution in [0.25, 0.3) is 0 Å². The molecule has 2 aliphatic heterocycles. The third-order valence-corrected chi connectivity index (χ3v) is 5.39. The van der Waals surface area contributed by atoms with E-state index in [0.717, 1.165) is 44.8 Å². The first-order valence-electron chi connectivity index (χ1n) is 7.01. The maximum Gasteiger partial charge on any atom is 0.235 e. The molecule has 0 aromatic carbocycles. The lowest BCUT2D eigenvalue weighted by molar-refractivity contribution is -0.132. The predicted octanol–water partition coefficient (Wildman–Crippen LogP) is 0.797. The molecule has 2 fully saturated rings. The number of rotatable bonds is 4. The van der Waals surface area contributed by atoms with Gasteiger partial charge in [0.1, 0.15) is 0 Å². The van der Waals surface area contributed by atoms with Crippen molar-refractivity contribution in [2.45, 2.75) is 37.5 Å². The number of piperazine rings is 1. The quantitative estimate of drug-likeness (QED) is 0.822. The Morgan fingerprint density at radius 3 is 2.61 bits per heavy atom. The Kier molecular flexibility index (Phi) is 5.33. The summed E-state index contributed by atoms with van der Waals surface area (Å²) in [6, 6.07) is 0.267. The van der Waals surface area contributed by atoms with Gasteiger partial charge in [-0.3, -0.25) is 9.69 Å². The first kappa shape index (κ1) is 14.2. The minimum atomic E-state index is 0.219. The molecule has 0 aliphatic carbocycles. The summed E-state index contributed by atoms with van der Waals surface area (Å²) in [5.74, 6) is 1.48. The van der Waals surface area contributed by atoms with Crippen LogP contribution in [0, 0.1) is 0 Å². The fourth-order valence-electron chi connectivity index (χ4n) is 2.79. The Balaban J connectivity index is 1.80. The molecule has 0 radical (unpaired) electrons. The highest BCUT2D eigenvalue weighted by Crippen LogP contribution is 2.28. The number of hydrogen-bond donors (Lipinski definition) is 1. The van der Waals surface area contributed by atoms with E-state index >= 15 is 0 Å². The molecule has 0 aromatic heterocycles. The summed E-state index contributed by atoms with van der Waals surface area (Å²) in [7, 11) is 0. The summed E-state index contributed by atoms with van der Waals surface area (Å²) in [5, 5.41) is 9.52. The van der Waals surface area contributed by atoms with Crippen molar-refractivity contribution < 1.29 is 9.90 Å². The van der Waals surface area contributed by atoms with Crippen LogP contribution in [0.2, 0.25) is 0 Å². The molecular weight excluding hydrogens is 248 g/mol. The van der Waals surface area contributed by atoms with E-state index in [1.165, 1.54) is 6.42 Å². The van der Waals surface area contributed by atoms with Crippen LogP contribution < -0.4 is 0 Å². The molecule has 104 valence electrons. The molecule has 2 atom stereocenters. The zero-order valence-electron chi connectivity index (χ0n) is 11.2. The lowest BCUT2D eigenvalue weighted by Crippen LogP contribution is -2.54. The van der Waals surface area contributed by atoms with Crippen molar-refractivity contribution in [1.82, 2.24) is 9.80 Å². The van der Waals surface area contributed by atoms with Gasteiger partial charge in [-0.15, -0.1) is 11.8 Å².